The summed E-state index contributed by atoms with van der Waals surface area (Å²) in [7, 11) is 0. The van der Waals surface area contributed by atoms with E-state index >= 15 is 0 Å². The summed E-state index contributed by atoms with van der Waals surface area (Å²) in [6.07, 6.45) is -0.0939. The number of primary amides is 1. The van der Waals surface area contributed by atoms with Gasteiger partial charge >= 0.3 is 12.0 Å². The van der Waals surface area contributed by atoms with Gasteiger partial charge in [0.25, 0.3) is 0 Å². The van der Waals surface area contributed by atoms with Gasteiger partial charge in [0.15, 0.2) is 0 Å². The van der Waals surface area contributed by atoms with Gasteiger partial charge in [-0.1, -0.05) is 0 Å². The van der Waals surface area contributed by atoms with Crippen LogP contribution in [0.2, 0.25) is 0 Å². The van der Waals surface area contributed by atoms with Gasteiger partial charge in [0.1, 0.15) is 6.04 Å². The second-order valence-electron chi connectivity index (χ2n) is 3.94. The van der Waals surface area contributed by atoms with Crippen LogP contribution in [0.4, 0.5) is 10.5 Å². The van der Waals surface area contributed by atoms with Gasteiger partial charge in [0, 0.05) is 24.3 Å². The Morgan fingerprint density at radius 2 is 1.80 bits per heavy atom. The number of aliphatic hydroxyl groups is 1. The van der Waals surface area contributed by atoms with Crippen LogP contribution in [0.5, 0.6) is 0 Å². The van der Waals surface area contributed by atoms with Crippen LogP contribution < -0.4 is 16.4 Å². The first-order valence-electron chi connectivity index (χ1n) is 5.75. The Morgan fingerprint density at radius 1 is 1.20 bits per heavy atom. The van der Waals surface area contributed by atoms with Gasteiger partial charge in [-0.2, -0.15) is 0 Å². The quantitative estimate of drug-likeness (QED) is 0.488. The standard InChI is InChI=1S/C12H15N3O5/c13-10(17)7-1-3-8(4-2-7)14-12(20)15-9(5-6-16)11(18)19/h1-4,9,16H,5-6H2,(H2,13,17)(H,18,19)(H2,14,15,20)/t9-/m0/s1. The number of hydrogen-bond donors (Lipinski definition) is 5. The number of rotatable bonds is 6. The third-order valence-electron chi connectivity index (χ3n) is 2.45. The number of carboxylic acids is 1. The number of urea groups is 1. The van der Waals surface area contributed by atoms with E-state index in [2.05, 4.69) is 10.6 Å². The summed E-state index contributed by atoms with van der Waals surface area (Å²) in [5.41, 5.74) is 5.74. The number of aliphatic carboxylic acids is 1. The Hall–Kier alpha value is -2.61. The van der Waals surface area contributed by atoms with Gasteiger partial charge in [-0.05, 0) is 24.3 Å². The van der Waals surface area contributed by atoms with Crippen LogP contribution in [-0.4, -0.2) is 40.8 Å². The average Bonchev–Trinajstić information content (AvgIpc) is 2.38. The zero-order valence-electron chi connectivity index (χ0n) is 10.5. The molecule has 0 aliphatic heterocycles. The highest BCUT2D eigenvalue weighted by Crippen LogP contribution is 2.09. The molecule has 0 heterocycles. The van der Waals surface area contributed by atoms with E-state index < -0.39 is 23.9 Å². The highest BCUT2D eigenvalue weighted by atomic mass is 16.4. The molecule has 0 aromatic heterocycles. The molecule has 8 nitrogen and oxygen atoms in total. The number of nitrogens with one attached hydrogen (secondary N) is 2. The summed E-state index contributed by atoms with van der Waals surface area (Å²) in [4.78, 5) is 33.2. The Balaban J connectivity index is 2.61. The Kier molecular flexibility index (Phi) is 5.48. The minimum atomic E-state index is -1.24. The van der Waals surface area contributed by atoms with E-state index in [0.717, 1.165) is 0 Å². The molecule has 1 aromatic carbocycles. The number of anilines is 1. The van der Waals surface area contributed by atoms with Crippen molar-refractivity contribution in [3.8, 4) is 0 Å². The summed E-state index contributed by atoms with van der Waals surface area (Å²) in [6.45, 7) is -0.357. The topological polar surface area (TPSA) is 142 Å². The molecule has 20 heavy (non-hydrogen) atoms. The fraction of sp³-hybridized carbons (Fsp3) is 0.250. The van der Waals surface area contributed by atoms with Gasteiger partial charge in [-0.15, -0.1) is 0 Å². The molecule has 0 unspecified atom stereocenters. The lowest BCUT2D eigenvalue weighted by molar-refractivity contribution is -0.139. The predicted molar refractivity (Wildman–Crippen MR) is 70.2 cm³/mol. The molecule has 0 fully saturated rings. The highest BCUT2D eigenvalue weighted by Gasteiger charge is 2.19. The van der Waals surface area contributed by atoms with Gasteiger partial charge in [0.05, 0.1) is 0 Å². The lowest BCUT2D eigenvalue weighted by Crippen LogP contribution is -2.43. The number of carbonyl (C=O) groups is 3. The summed E-state index contributed by atoms with van der Waals surface area (Å²) < 4.78 is 0. The molecule has 108 valence electrons. The Morgan fingerprint density at radius 3 is 2.25 bits per heavy atom. The minimum Gasteiger partial charge on any atom is -0.480 e. The highest BCUT2D eigenvalue weighted by molar-refractivity contribution is 5.95. The molecule has 0 saturated carbocycles. The maximum Gasteiger partial charge on any atom is 0.326 e. The molecule has 0 saturated heterocycles. The van der Waals surface area contributed by atoms with Crippen molar-refractivity contribution in [3.05, 3.63) is 29.8 Å². The van der Waals surface area contributed by atoms with E-state index in [9.17, 15) is 14.4 Å². The van der Waals surface area contributed by atoms with Crippen LogP contribution in [0.15, 0.2) is 24.3 Å². The lowest BCUT2D eigenvalue weighted by atomic mass is 10.2. The molecular weight excluding hydrogens is 266 g/mol. The normalized spacial score (nSPS) is 11.4. The average molecular weight is 281 g/mol. The smallest absolute Gasteiger partial charge is 0.326 e. The Bertz CT molecular complexity index is 500. The zero-order valence-corrected chi connectivity index (χ0v) is 10.5. The van der Waals surface area contributed by atoms with Gasteiger partial charge in [-0.25, -0.2) is 9.59 Å². The summed E-state index contributed by atoms with van der Waals surface area (Å²) in [5, 5.41) is 22.1. The Labute approximate surface area is 114 Å². The van der Waals surface area contributed by atoms with Crippen molar-refractivity contribution >= 4 is 23.6 Å². The van der Waals surface area contributed by atoms with Crippen molar-refractivity contribution < 1.29 is 24.6 Å². The molecule has 0 aliphatic carbocycles. The second kappa shape index (κ2) is 7.10. The van der Waals surface area contributed by atoms with Crippen LogP contribution in [0.25, 0.3) is 0 Å². The largest absolute Gasteiger partial charge is 0.480 e. The number of hydrogen-bond acceptors (Lipinski definition) is 4. The van der Waals surface area contributed by atoms with Gasteiger partial charge in [0.2, 0.25) is 5.91 Å². The lowest BCUT2D eigenvalue weighted by Gasteiger charge is -2.14. The summed E-state index contributed by atoms with van der Waals surface area (Å²) >= 11 is 0. The molecule has 1 atom stereocenters. The first-order chi connectivity index (χ1) is 9.43. The fourth-order valence-corrected chi connectivity index (χ4v) is 1.43. The molecule has 1 aromatic rings. The maximum absolute atomic E-state index is 11.6. The van der Waals surface area contributed by atoms with Crippen LogP contribution in [0.1, 0.15) is 16.8 Å². The molecule has 1 rings (SSSR count). The number of amides is 3. The third kappa shape index (κ3) is 4.58. The molecule has 0 bridgehead atoms. The van der Waals surface area contributed by atoms with Crippen LogP contribution in [-0.2, 0) is 4.79 Å². The van der Waals surface area contributed by atoms with Crippen molar-refractivity contribution in [2.24, 2.45) is 5.73 Å². The SMILES string of the molecule is NC(=O)c1ccc(NC(=O)N[C@@H](CCO)C(=O)O)cc1. The molecule has 6 N–H and O–H groups in total. The van der Waals surface area contributed by atoms with E-state index in [-0.39, 0.29) is 13.0 Å². The van der Waals surface area contributed by atoms with E-state index in [1.807, 2.05) is 0 Å². The van der Waals surface area contributed by atoms with E-state index in [1.54, 1.807) is 0 Å². The zero-order chi connectivity index (χ0) is 15.1. The van der Waals surface area contributed by atoms with Gasteiger partial charge in [-0.3, -0.25) is 4.79 Å². The van der Waals surface area contributed by atoms with Crippen molar-refractivity contribution in [1.82, 2.24) is 5.32 Å². The number of nitrogens with two attached hydrogens (primary N) is 1. The number of aliphatic hydroxyl groups excluding tert-OH is 1. The van der Waals surface area contributed by atoms with Crippen LogP contribution >= 0.6 is 0 Å². The maximum atomic E-state index is 11.6. The number of carboxylic acid groups (broad SMARTS) is 1. The van der Waals surface area contributed by atoms with Crippen LogP contribution in [0.3, 0.4) is 0 Å². The minimum absolute atomic E-state index is 0.0939. The number of carbonyl (C=O) groups excluding carboxylic acids is 2. The molecular formula is C12H15N3O5. The van der Waals surface area contributed by atoms with Crippen molar-refractivity contribution in [2.45, 2.75) is 12.5 Å². The summed E-state index contributed by atoms with van der Waals surface area (Å²) in [6, 6.07) is 3.88. The monoisotopic (exact) mass is 281 g/mol. The number of benzene rings is 1. The van der Waals surface area contributed by atoms with E-state index in [4.69, 9.17) is 15.9 Å². The second-order valence-corrected chi connectivity index (χ2v) is 3.94. The molecule has 3 amide bonds. The molecule has 0 aliphatic rings. The van der Waals surface area contributed by atoms with Crippen molar-refractivity contribution in [1.29, 1.82) is 0 Å². The van der Waals surface area contributed by atoms with E-state index in [0.29, 0.717) is 11.3 Å². The van der Waals surface area contributed by atoms with E-state index in [1.165, 1.54) is 24.3 Å². The first kappa shape index (κ1) is 15.4. The molecule has 8 heteroatoms. The summed E-state index contributed by atoms with van der Waals surface area (Å²) in [5.74, 6) is -1.83. The fourth-order valence-electron chi connectivity index (χ4n) is 1.43. The van der Waals surface area contributed by atoms with Crippen molar-refractivity contribution in [2.75, 3.05) is 11.9 Å². The van der Waals surface area contributed by atoms with Crippen LogP contribution in [0, 0.1) is 0 Å². The molecule has 0 spiro atoms. The van der Waals surface area contributed by atoms with Gasteiger partial charge < -0.3 is 26.6 Å². The first-order valence-corrected chi connectivity index (χ1v) is 5.75. The van der Waals surface area contributed by atoms with Crippen molar-refractivity contribution in [3.63, 3.8) is 0 Å². The third-order valence-corrected chi connectivity index (χ3v) is 2.45. The predicted octanol–water partition coefficient (Wildman–Crippen LogP) is -0.257. The molecule has 0 radical (unpaired) electrons.